The second-order valence-electron chi connectivity index (χ2n) is 8.40. The second-order valence-corrected chi connectivity index (χ2v) is 13.2. The van der Waals surface area contributed by atoms with Gasteiger partial charge in [0.05, 0.1) is 21.3 Å². The minimum atomic E-state index is -3.65. The van der Waals surface area contributed by atoms with Gasteiger partial charge in [0.15, 0.2) is 0 Å². The Morgan fingerprint density at radius 1 is 1.00 bits per heavy atom. The number of aromatic nitrogens is 1. The van der Waals surface area contributed by atoms with Crippen LogP contribution in [0.4, 0.5) is 5.13 Å². The molecule has 0 radical (unpaired) electrons. The molecule has 198 valence electrons. The van der Waals surface area contributed by atoms with Crippen LogP contribution in [0.15, 0.2) is 85.7 Å². The van der Waals surface area contributed by atoms with Gasteiger partial charge in [0.2, 0.25) is 15.2 Å². The number of benzene rings is 3. The minimum Gasteiger partial charge on any atom is -0.267 e. The number of carbonyl (C=O) groups excluding carboxylic acids is 1. The average Bonchev–Trinajstić information content (AvgIpc) is 3.33. The first-order valence-electron chi connectivity index (χ1n) is 12.0. The van der Waals surface area contributed by atoms with Gasteiger partial charge in [0.1, 0.15) is 0 Å². The van der Waals surface area contributed by atoms with Crippen molar-refractivity contribution in [2.45, 2.75) is 31.6 Å². The van der Waals surface area contributed by atoms with E-state index in [2.05, 4.69) is 41.9 Å². The van der Waals surface area contributed by atoms with Crippen LogP contribution in [0, 0.1) is 0 Å². The molecule has 0 spiro atoms. The third-order valence-electron chi connectivity index (χ3n) is 5.76. The Hall–Kier alpha value is -2.44. The number of sulfonamides is 1. The van der Waals surface area contributed by atoms with E-state index in [0.29, 0.717) is 23.8 Å². The smallest absolute Gasteiger partial charge is 0.267 e. The van der Waals surface area contributed by atoms with Crippen molar-refractivity contribution in [2.24, 2.45) is 5.10 Å². The Morgan fingerprint density at radius 2 is 1.68 bits per heavy atom. The van der Waals surface area contributed by atoms with Crippen LogP contribution in [0.3, 0.4) is 0 Å². The maximum absolute atomic E-state index is 13.7. The van der Waals surface area contributed by atoms with Crippen molar-refractivity contribution >= 4 is 80.7 Å². The molecule has 0 atom stereocenters. The Labute approximate surface area is 243 Å². The Bertz CT molecular complexity index is 1550. The molecule has 11 heteroatoms. The Morgan fingerprint density at radius 3 is 2.34 bits per heavy atom. The number of rotatable bonds is 10. The predicted molar refractivity (Wildman–Crippen MR) is 162 cm³/mol. The molecular formula is C27H26Br2N4O3S2. The number of halogens is 2. The SMILES string of the molecule is CCCCN(CC)S(=O)(=O)c1ccc(C(=O)N(/N=C/c2ccc(Br)cc2)c2nc3ccc(Br)cc3s2)cc1. The summed E-state index contributed by atoms with van der Waals surface area (Å²) in [6.07, 6.45) is 3.28. The van der Waals surface area contributed by atoms with E-state index in [1.165, 1.54) is 44.9 Å². The fraction of sp³-hybridized carbons (Fsp3) is 0.222. The molecular weight excluding hydrogens is 652 g/mol. The molecule has 0 N–H and O–H groups in total. The molecule has 38 heavy (non-hydrogen) atoms. The maximum Gasteiger partial charge on any atom is 0.280 e. The van der Waals surface area contributed by atoms with Gasteiger partial charge in [0.25, 0.3) is 5.91 Å². The normalized spacial score (nSPS) is 12.0. The lowest BCUT2D eigenvalue weighted by molar-refractivity contribution is 0.0987. The average molecular weight is 678 g/mol. The molecule has 0 fully saturated rings. The van der Waals surface area contributed by atoms with Crippen LogP contribution in [-0.2, 0) is 10.0 Å². The van der Waals surface area contributed by atoms with Crippen molar-refractivity contribution in [3.05, 3.63) is 86.8 Å². The third kappa shape index (κ3) is 6.58. The number of unbranched alkanes of at least 4 members (excludes halogenated alkanes) is 1. The van der Waals surface area contributed by atoms with Crippen LogP contribution in [0.5, 0.6) is 0 Å². The number of amides is 1. The van der Waals surface area contributed by atoms with Crippen LogP contribution in [0.1, 0.15) is 42.6 Å². The fourth-order valence-corrected chi connectivity index (χ4v) is 6.89. The van der Waals surface area contributed by atoms with Gasteiger partial charge in [-0.15, -0.1) is 0 Å². The summed E-state index contributed by atoms with van der Waals surface area (Å²) in [6, 6.07) is 19.2. The summed E-state index contributed by atoms with van der Waals surface area (Å²) < 4.78 is 30.4. The fourth-order valence-electron chi connectivity index (χ4n) is 3.66. The van der Waals surface area contributed by atoms with E-state index >= 15 is 0 Å². The third-order valence-corrected chi connectivity index (χ3v) is 9.76. The molecule has 1 aromatic heterocycles. The van der Waals surface area contributed by atoms with Crippen molar-refractivity contribution in [1.82, 2.24) is 9.29 Å². The van der Waals surface area contributed by atoms with Gasteiger partial charge < -0.3 is 0 Å². The van der Waals surface area contributed by atoms with Crippen LogP contribution >= 0.6 is 43.2 Å². The zero-order chi connectivity index (χ0) is 27.3. The summed E-state index contributed by atoms with van der Waals surface area (Å²) in [5, 5.41) is 6.15. The monoisotopic (exact) mass is 676 g/mol. The molecule has 4 aromatic rings. The standard InChI is InChI=1S/C27H26Br2N4O3S2/c1-3-5-16-32(4-2)38(35,36)23-13-8-20(9-14-23)26(34)33(30-18-19-6-10-21(28)11-7-19)27-31-24-15-12-22(29)17-25(24)37-27/h6-15,17-18H,3-5,16H2,1-2H3/b30-18+. The Kier molecular flexibility index (Phi) is 9.48. The first-order chi connectivity index (χ1) is 18.2. The number of hydrazone groups is 1. The van der Waals surface area contributed by atoms with Gasteiger partial charge in [-0.1, -0.05) is 75.6 Å². The number of hydrogen-bond acceptors (Lipinski definition) is 6. The molecule has 0 aliphatic carbocycles. The van der Waals surface area contributed by atoms with Gasteiger partial charge in [-0.3, -0.25) is 4.79 Å². The van der Waals surface area contributed by atoms with Crippen LogP contribution in [0.25, 0.3) is 10.2 Å². The number of carbonyl (C=O) groups is 1. The van der Waals surface area contributed by atoms with E-state index in [1.54, 1.807) is 6.21 Å². The van der Waals surface area contributed by atoms with E-state index in [0.717, 1.165) is 37.6 Å². The largest absolute Gasteiger partial charge is 0.280 e. The molecule has 0 saturated carbocycles. The lowest BCUT2D eigenvalue weighted by Gasteiger charge is -2.20. The molecule has 4 rings (SSSR count). The summed E-state index contributed by atoms with van der Waals surface area (Å²) in [5.41, 5.74) is 1.86. The minimum absolute atomic E-state index is 0.154. The van der Waals surface area contributed by atoms with E-state index in [9.17, 15) is 13.2 Å². The molecule has 0 aliphatic rings. The number of hydrogen-bond donors (Lipinski definition) is 0. The maximum atomic E-state index is 13.7. The van der Waals surface area contributed by atoms with Crippen molar-refractivity contribution in [3.63, 3.8) is 0 Å². The zero-order valence-corrected chi connectivity index (χ0v) is 25.6. The van der Waals surface area contributed by atoms with Gasteiger partial charge in [0, 0.05) is 27.6 Å². The quantitative estimate of drug-likeness (QED) is 0.130. The van der Waals surface area contributed by atoms with Crippen LogP contribution in [-0.4, -0.2) is 42.9 Å². The Balaban J connectivity index is 1.68. The summed E-state index contributed by atoms with van der Waals surface area (Å²) in [4.78, 5) is 18.4. The second kappa shape index (κ2) is 12.6. The summed E-state index contributed by atoms with van der Waals surface area (Å²) >= 11 is 8.24. The highest BCUT2D eigenvalue weighted by atomic mass is 79.9. The highest BCUT2D eigenvalue weighted by Crippen LogP contribution is 2.32. The number of nitrogens with zero attached hydrogens (tertiary/aromatic N) is 4. The zero-order valence-electron chi connectivity index (χ0n) is 20.8. The molecule has 0 unspecified atom stereocenters. The molecule has 0 bridgehead atoms. The van der Waals surface area contributed by atoms with E-state index in [1.807, 2.05) is 56.3 Å². The van der Waals surface area contributed by atoms with Crippen molar-refractivity contribution < 1.29 is 13.2 Å². The highest BCUT2D eigenvalue weighted by Gasteiger charge is 2.25. The van der Waals surface area contributed by atoms with Crippen molar-refractivity contribution in [1.29, 1.82) is 0 Å². The van der Waals surface area contributed by atoms with Gasteiger partial charge in [-0.25, -0.2) is 13.4 Å². The van der Waals surface area contributed by atoms with Crippen molar-refractivity contribution in [2.75, 3.05) is 18.1 Å². The van der Waals surface area contributed by atoms with Crippen LogP contribution in [0.2, 0.25) is 0 Å². The number of thiazole rings is 1. The summed E-state index contributed by atoms with van der Waals surface area (Å²) in [5.74, 6) is -0.418. The highest BCUT2D eigenvalue weighted by molar-refractivity contribution is 9.10. The topological polar surface area (TPSA) is 82.9 Å². The van der Waals surface area contributed by atoms with E-state index in [-0.39, 0.29) is 4.90 Å². The van der Waals surface area contributed by atoms with E-state index in [4.69, 9.17) is 0 Å². The van der Waals surface area contributed by atoms with E-state index < -0.39 is 15.9 Å². The first-order valence-corrected chi connectivity index (χ1v) is 15.9. The van der Waals surface area contributed by atoms with Gasteiger partial charge in [-0.2, -0.15) is 14.4 Å². The lowest BCUT2D eigenvalue weighted by atomic mass is 10.2. The number of fused-ring (bicyclic) bond motifs is 1. The lowest BCUT2D eigenvalue weighted by Crippen LogP contribution is -2.32. The number of anilines is 1. The van der Waals surface area contributed by atoms with Gasteiger partial charge in [-0.05, 0) is 66.6 Å². The molecule has 0 aliphatic heterocycles. The van der Waals surface area contributed by atoms with Gasteiger partial charge >= 0.3 is 0 Å². The first kappa shape index (κ1) is 28.6. The summed E-state index contributed by atoms with van der Waals surface area (Å²) in [6.45, 7) is 4.69. The molecule has 1 amide bonds. The molecule has 0 saturated heterocycles. The molecule has 1 heterocycles. The predicted octanol–water partition coefficient (Wildman–Crippen LogP) is 7.31. The van der Waals surface area contributed by atoms with Crippen molar-refractivity contribution in [3.8, 4) is 0 Å². The summed E-state index contributed by atoms with van der Waals surface area (Å²) in [7, 11) is -3.65. The van der Waals surface area contributed by atoms with Crippen LogP contribution < -0.4 is 5.01 Å². The molecule has 7 nitrogen and oxygen atoms in total. The molecule has 3 aromatic carbocycles.